The lowest BCUT2D eigenvalue weighted by molar-refractivity contribution is -0.928. The van der Waals surface area contributed by atoms with Gasteiger partial charge in [-0.3, -0.25) is 0 Å². The van der Waals surface area contributed by atoms with Crippen LogP contribution in [-0.4, -0.2) is 39.6 Å². The standard InChI is InChI=1S/C24H35N2O2S/c1-24(2,3)22-10-12-23(13-11-22)29(27,28)25-18-20-14-16-26(4,17-15-20)19-21-8-6-5-7-9-21/h5-13,20,25H,14-19H2,1-4H3/q+1. The second-order valence-electron chi connectivity index (χ2n) is 9.78. The summed E-state index contributed by atoms with van der Waals surface area (Å²) in [6.45, 7) is 10.1. The first kappa shape index (κ1) is 22.0. The van der Waals surface area contributed by atoms with E-state index in [1.165, 1.54) is 5.56 Å². The van der Waals surface area contributed by atoms with Crippen molar-refractivity contribution in [3.8, 4) is 0 Å². The van der Waals surface area contributed by atoms with Crippen LogP contribution in [0.15, 0.2) is 59.5 Å². The average molecular weight is 416 g/mol. The highest BCUT2D eigenvalue weighted by atomic mass is 32.2. The SMILES string of the molecule is CC(C)(C)c1ccc(S(=O)(=O)NCC2CC[N+](C)(Cc3ccccc3)CC2)cc1. The summed E-state index contributed by atoms with van der Waals surface area (Å²) >= 11 is 0. The Morgan fingerprint density at radius 3 is 2.10 bits per heavy atom. The van der Waals surface area contributed by atoms with Crippen LogP contribution in [0.25, 0.3) is 0 Å². The van der Waals surface area contributed by atoms with E-state index in [2.05, 4.69) is 62.9 Å². The number of quaternary nitrogens is 1. The van der Waals surface area contributed by atoms with Gasteiger partial charge in [0, 0.05) is 24.9 Å². The summed E-state index contributed by atoms with van der Waals surface area (Å²) in [5, 5.41) is 0. The first-order valence-electron chi connectivity index (χ1n) is 10.6. The summed E-state index contributed by atoms with van der Waals surface area (Å²) < 4.78 is 29.3. The van der Waals surface area contributed by atoms with Crippen molar-refractivity contribution in [3.63, 3.8) is 0 Å². The Morgan fingerprint density at radius 1 is 0.966 bits per heavy atom. The molecular formula is C24H35N2O2S+. The van der Waals surface area contributed by atoms with Gasteiger partial charge >= 0.3 is 0 Å². The molecule has 29 heavy (non-hydrogen) atoms. The Balaban J connectivity index is 1.53. The molecular weight excluding hydrogens is 380 g/mol. The average Bonchev–Trinajstić information content (AvgIpc) is 2.68. The predicted molar refractivity (Wildman–Crippen MR) is 119 cm³/mol. The van der Waals surface area contributed by atoms with Crippen LogP contribution in [0.1, 0.15) is 44.7 Å². The number of likely N-dealkylation sites (tertiary alicyclic amines) is 1. The number of rotatable bonds is 6. The van der Waals surface area contributed by atoms with Gasteiger partial charge in [0.25, 0.3) is 0 Å². The molecule has 4 nitrogen and oxygen atoms in total. The van der Waals surface area contributed by atoms with Crippen LogP contribution < -0.4 is 4.72 Å². The topological polar surface area (TPSA) is 46.2 Å². The van der Waals surface area contributed by atoms with Crippen molar-refractivity contribution in [3.05, 3.63) is 65.7 Å². The molecule has 0 spiro atoms. The molecule has 5 heteroatoms. The molecule has 1 aliphatic heterocycles. The van der Waals surface area contributed by atoms with Crippen molar-refractivity contribution in [2.75, 3.05) is 26.7 Å². The van der Waals surface area contributed by atoms with Gasteiger partial charge in [-0.1, -0.05) is 63.2 Å². The lowest BCUT2D eigenvalue weighted by Crippen LogP contribution is -2.50. The minimum atomic E-state index is -3.45. The van der Waals surface area contributed by atoms with Crippen LogP contribution in [0.2, 0.25) is 0 Å². The largest absolute Gasteiger partial charge is 0.322 e. The molecule has 1 saturated heterocycles. The van der Waals surface area contributed by atoms with Crippen LogP contribution in [0.4, 0.5) is 0 Å². The Hall–Kier alpha value is -1.69. The number of nitrogens with one attached hydrogen (secondary N) is 1. The normalized spacial score (nSPS) is 23.1. The highest BCUT2D eigenvalue weighted by Crippen LogP contribution is 2.26. The van der Waals surface area contributed by atoms with E-state index in [1.54, 1.807) is 12.1 Å². The zero-order valence-electron chi connectivity index (χ0n) is 18.2. The first-order chi connectivity index (χ1) is 13.6. The molecule has 0 amide bonds. The number of nitrogens with zero attached hydrogens (tertiary/aromatic N) is 1. The maximum atomic E-state index is 12.7. The molecule has 3 rings (SSSR count). The van der Waals surface area contributed by atoms with Crippen molar-refractivity contribution in [2.24, 2.45) is 5.92 Å². The Kier molecular flexibility index (Phi) is 6.51. The Morgan fingerprint density at radius 2 is 1.55 bits per heavy atom. The third-order valence-corrected chi connectivity index (χ3v) is 7.59. The van der Waals surface area contributed by atoms with Crippen molar-refractivity contribution in [2.45, 2.75) is 50.5 Å². The van der Waals surface area contributed by atoms with Gasteiger partial charge in [0.15, 0.2) is 0 Å². The van der Waals surface area contributed by atoms with Gasteiger partial charge in [0.1, 0.15) is 6.54 Å². The van der Waals surface area contributed by atoms with Gasteiger partial charge < -0.3 is 4.48 Å². The van der Waals surface area contributed by atoms with Gasteiger partial charge in [-0.2, -0.15) is 0 Å². The number of sulfonamides is 1. The van der Waals surface area contributed by atoms with Gasteiger partial charge in [0.2, 0.25) is 10.0 Å². The van der Waals surface area contributed by atoms with Gasteiger partial charge in [-0.05, 0) is 29.0 Å². The molecule has 0 radical (unpaired) electrons. The molecule has 2 aromatic carbocycles. The minimum absolute atomic E-state index is 0.0163. The highest BCUT2D eigenvalue weighted by molar-refractivity contribution is 7.89. The van der Waals surface area contributed by atoms with Gasteiger partial charge in [-0.25, -0.2) is 13.1 Å². The highest BCUT2D eigenvalue weighted by Gasteiger charge is 2.31. The molecule has 0 atom stereocenters. The second-order valence-corrected chi connectivity index (χ2v) is 11.5. The van der Waals surface area contributed by atoms with E-state index in [1.807, 2.05) is 12.1 Å². The molecule has 0 unspecified atom stereocenters. The second kappa shape index (κ2) is 8.58. The maximum absolute atomic E-state index is 12.7. The van der Waals surface area contributed by atoms with Crippen molar-refractivity contribution < 1.29 is 12.9 Å². The van der Waals surface area contributed by atoms with E-state index in [-0.39, 0.29) is 5.41 Å². The molecule has 2 aromatic rings. The molecule has 1 N–H and O–H groups in total. The summed E-state index contributed by atoms with van der Waals surface area (Å²) in [4.78, 5) is 0.353. The molecule has 1 fully saturated rings. The lowest BCUT2D eigenvalue weighted by Gasteiger charge is -2.40. The summed E-state index contributed by atoms with van der Waals surface area (Å²) in [5.41, 5.74) is 2.52. The van der Waals surface area contributed by atoms with E-state index in [0.29, 0.717) is 17.4 Å². The number of piperidine rings is 1. The van der Waals surface area contributed by atoms with Crippen LogP contribution in [0.5, 0.6) is 0 Å². The van der Waals surface area contributed by atoms with Crippen LogP contribution in [-0.2, 0) is 22.0 Å². The fourth-order valence-electron chi connectivity index (χ4n) is 4.08. The van der Waals surface area contributed by atoms with Crippen LogP contribution >= 0.6 is 0 Å². The number of hydrogen-bond donors (Lipinski definition) is 1. The van der Waals surface area contributed by atoms with Gasteiger partial charge in [0.05, 0.1) is 25.0 Å². The Labute approximate surface area is 176 Å². The monoisotopic (exact) mass is 415 g/mol. The quantitative estimate of drug-likeness (QED) is 0.714. The number of benzene rings is 2. The summed E-state index contributed by atoms with van der Waals surface area (Å²) in [6.07, 6.45) is 2.10. The minimum Gasteiger partial charge on any atom is -0.322 e. The van der Waals surface area contributed by atoms with Crippen molar-refractivity contribution in [1.29, 1.82) is 0 Å². The maximum Gasteiger partial charge on any atom is 0.240 e. The van der Waals surface area contributed by atoms with E-state index >= 15 is 0 Å². The third-order valence-electron chi connectivity index (χ3n) is 6.15. The number of hydrogen-bond acceptors (Lipinski definition) is 2. The third kappa shape index (κ3) is 5.91. The van der Waals surface area contributed by atoms with Crippen LogP contribution in [0, 0.1) is 5.92 Å². The lowest BCUT2D eigenvalue weighted by atomic mass is 9.87. The van der Waals surface area contributed by atoms with Gasteiger partial charge in [-0.15, -0.1) is 0 Å². The molecule has 0 aliphatic carbocycles. The molecule has 1 heterocycles. The molecule has 0 bridgehead atoms. The predicted octanol–water partition coefficient (Wildman–Crippen LogP) is 4.32. The van der Waals surface area contributed by atoms with E-state index in [0.717, 1.165) is 42.5 Å². The molecule has 0 saturated carbocycles. The Bertz CT molecular complexity index is 892. The van der Waals surface area contributed by atoms with E-state index in [4.69, 9.17) is 0 Å². The fraction of sp³-hybridized carbons (Fsp3) is 0.500. The van der Waals surface area contributed by atoms with Crippen molar-refractivity contribution >= 4 is 10.0 Å². The smallest absolute Gasteiger partial charge is 0.240 e. The molecule has 1 aliphatic rings. The molecule has 0 aromatic heterocycles. The van der Waals surface area contributed by atoms with Crippen molar-refractivity contribution in [1.82, 2.24) is 4.72 Å². The van der Waals surface area contributed by atoms with E-state index < -0.39 is 10.0 Å². The fourth-order valence-corrected chi connectivity index (χ4v) is 5.19. The molecule has 158 valence electrons. The summed E-state index contributed by atoms with van der Waals surface area (Å²) in [7, 11) is -1.14. The summed E-state index contributed by atoms with van der Waals surface area (Å²) in [5.74, 6) is 0.403. The van der Waals surface area contributed by atoms with Crippen LogP contribution in [0.3, 0.4) is 0 Å². The zero-order valence-corrected chi connectivity index (χ0v) is 19.0. The summed E-state index contributed by atoms with van der Waals surface area (Å²) in [6, 6.07) is 17.9. The first-order valence-corrected chi connectivity index (χ1v) is 12.0. The zero-order chi connectivity index (χ0) is 21.1. The van der Waals surface area contributed by atoms with E-state index in [9.17, 15) is 8.42 Å².